The Kier molecular flexibility index (Phi) is 4.10. The van der Waals surface area contributed by atoms with E-state index in [-0.39, 0.29) is 5.91 Å². The topological polar surface area (TPSA) is 122 Å². The number of nitrogens with zero attached hydrogens (tertiary/aromatic N) is 2. The van der Waals surface area contributed by atoms with Crippen molar-refractivity contribution in [2.24, 2.45) is 0 Å². The fraction of sp³-hybridized carbons (Fsp3) is 0.0455. The average Bonchev–Trinajstić information content (AvgIpc) is 3.40. The van der Waals surface area contributed by atoms with E-state index in [1.807, 2.05) is 24.4 Å². The van der Waals surface area contributed by atoms with E-state index < -0.39 is 0 Å². The lowest BCUT2D eigenvalue weighted by molar-refractivity contribution is 0.102. The molecule has 0 radical (unpaired) electrons. The molecule has 8 nitrogen and oxygen atoms in total. The number of nitrogens with one attached hydrogen (secondary N) is 3. The quantitative estimate of drug-likeness (QED) is 0.365. The molecule has 3 heterocycles. The number of aromatic amines is 2. The number of hydrogen-bond acceptors (Lipinski definition) is 5. The number of hydrogen-bond donors (Lipinski definition) is 4. The molecule has 0 unspecified atom stereocenters. The van der Waals surface area contributed by atoms with E-state index >= 15 is 0 Å². The Labute approximate surface area is 171 Å². The minimum Gasteiger partial charge on any atom is -0.497 e. The number of carbonyl (C=O) groups is 1. The predicted octanol–water partition coefficient (Wildman–Crippen LogP) is 3.95. The van der Waals surface area contributed by atoms with Gasteiger partial charge in [-0.05, 0) is 48.0 Å². The Balaban J connectivity index is 1.58. The molecule has 0 aliphatic heterocycles. The van der Waals surface area contributed by atoms with Gasteiger partial charge in [-0.25, -0.2) is 4.98 Å². The van der Waals surface area contributed by atoms with Crippen LogP contribution in [0.25, 0.3) is 32.9 Å². The van der Waals surface area contributed by atoms with Gasteiger partial charge in [0, 0.05) is 28.2 Å². The zero-order chi connectivity index (χ0) is 20.7. The number of fused-ring (bicyclic) bond motifs is 2. The normalized spacial score (nSPS) is 11.1. The number of benzene rings is 2. The standard InChI is InChI=1S/C22H18N6O2/c1-30-15-4-2-14(3-5-15)27-22(29)17-7-12(6-13-9-26-28-21(13)17)18-10-24-19-11-25-20(23)8-16(18)19/h2-11,24H,1H3,(H2,23,25)(H,26,28)(H,27,29). The Morgan fingerprint density at radius 2 is 1.97 bits per heavy atom. The Morgan fingerprint density at radius 1 is 1.13 bits per heavy atom. The fourth-order valence-electron chi connectivity index (χ4n) is 3.54. The summed E-state index contributed by atoms with van der Waals surface area (Å²) < 4.78 is 5.16. The lowest BCUT2D eigenvalue weighted by Gasteiger charge is -2.09. The molecule has 3 aromatic heterocycles. The van der Waals surface area contributed by atoms with E-state index in [1.165, 1.54) is 0 Å². The summed E-state index contributed by atoms with van der Waals surface area (Å²) in [7, 11) is 1.60. The summed E-state index contributed by atoms with van der Waals surface area (Å²) in [5, 5.41) is 11.7. The summed E-state index contributed by atoms with van der Waals surface area (Å²) in [6.07, 6.45) is 5.29. The summed E-state index contributed by atoms with van der Waals surface area (Å²) in [6, 6.07) is 12.8. The lowest BCUT2D eigenvalue weighted by atomic mass is 10.00. The second-order valence-corrected chi connectivity index (χ2v) is 6.90. The third-order valence-electron chi connectivity index (χ3n) is 5.04. The van der Waals surface area contributed by atoms with E-state index in [0.29, 0.717) is 22.6 Å². The van der Waals surface area contributed by atoms with Gasteiger partial charge in [-0.2, -0.15) is 5.10 Å². The Morgan fingerprint density at radius 3 is 2.77 bits per heavy atom. The van der Waals surface area contributed by atoms with Gasteiger partial charge in [-0.15, -0.1) is 0 Å². The second-order valence-electron chi connectivity index (χ2n) is 6.90. The smallest absolute Gasteiger partial charge is 0.257 e. The number of aromatic nitrogens is 4. The molecule has 148 valence electrons. The highest BCUT2D eigenvalue weighted by atomic mass is 16.5. The van der Waals surface area contributed by atoms with Crippen molar-refractivity contribution in [2.75, 3.05) is 18.2 Å². The molecule has 0 atom stereocenters. The van der Waals surface area contributed by atoms with Crippen LogP contribution >= 0.6 is 0 Å². The van der Waals surface area contributed by atoms with Crippen molar-refractivity contribution >= 4 is 39.2 Å². The van der Waals surface area contributed by atoms with E-state index in [9.17, 15) is 4.79 Å². The van der Waals surface area contributed by atoms with Crippen LogP contribution in [0.5, 0.6) is 5.75 Å². The van der Waals surface area contributed by atoms with Crippen LogP contribution in [0.2, 0.25) is 0 Å². The van der Waals surface area contributed by atoms with E-state index in [2.05, 4.69) is 25.5 Å². The first-order chi connectivity index (χ1) is 14.6. The SMILES string of the molecule is COc1ccc(NC(=O)c2cc(-c3c[nH]c4cnc(N)cc34)cc3cn[nH]c23)cc1. The van der Waals surface area contributed by atoms with Crippen LogP contribution in [0.1, 0.15) is 10.4 Å². The second kappa shape index (κ2) is 6.93. The zero-order valence-electron chi connectivity index (χ0n) is 16.1. The van der Waals surface area contributed by atoms with Gasteiger partial charge in [0.05, 0.1) is 36.1 Å². The van der Waals surface area contributed by atoms with Crippen LogP contribution in [-0.4, -0.2) is 33.2 Å². The average molecular weight is 398 g/mol. The van der Waals surface area contributed by atoms with Crippen LogP contribution in [0.15, 0.2) is 61.1 Å². The molecular formula is C22H18N6O2. The number of ether oxygens (including phenoxy) is 1. The van der Waals surface area contributed by atoms with Crippen LogP contribution in [0.3, 0.4) is 0 Å². The van der Waals surface area contributed by atoms with Crippen molar-refractivity contribution < 1.29 is 9.53 Å². The van der Waals surface area contributed by atoms with Crippen molar-refractivity contribution in [3.63, 3.8) is 0 Å². The van der Waals surface area contributed by atoms with Crippen molar-refractivity contribution in [3.8, 4) is 16.9 Å². The highest BCUT2D eigenvalue weighted by Gasteiger charge is 2.16. The van der Waals surface area contributed by atoms with Gasteiger partial charge in [0.15, 0.2) is 0 Å². The number of rotatable bonds is 4. The van der Waals surface area contributed by atoms with Crippen molar-refractivity contribution in [3.05, 3.63) is 66.6 Å². The number of pyridine rings is 1. The first kappa shape index (κ1) is 17.7. The molecule has 30 heavy (non-hydrogen) atoms. The van der Waals surface area contributed by atoms with Crippen LogP contribution in [0.4, 0.5) is 11.5 Å². The summed E-state index contributed by atoms with van der Waals surface area (Å²) in [6.45, 7) is 0. The predicted molar refractivity (Wildman–Crippen MR) is 117 cm³/mol. The molecule has 0 fully saturated rings. The van der Waals surface area contributed by atoms with Gasteiger partial charge in [-0.1, -0.05) is 0 Å². The van der Waals surface area contributed by atoms with Gasteiger partial charge in [0.2, 0.25) is 0 Å². The molecule has 5 N–H and O–H groups in total. The molecule has 5 aromatic rings. The number of nitrogens with two attached hydrogens (primary N) is 1. The number of amides is 1. The molecule has 0 aliphatic rings. The molecule has 0 aliphatic carbocycles. The maximum Gasteiger partial charge on any atom is 0.257 e. The van der Waals surface area contributed by atoms with Gasteiger partial charge in [0.25, 0.3) is 5.91 Å². The molecule has 0 saturated heterocycles. The molecule has 1 amide bonds. The monoisotopic (exact) mass is 398 g/mol. The minimum absolute atomic E-state index is 0.239. The largest absolute Gasteiger partial charge is 0.497 e. The van der Waals surface area contributed by atoms with Crippen molar-refractivity contribution in [2.45, 2.75) is 0 Å². The Hall–Kier alpha value is -4.33. The first-order valence-electron chi connectivity index (χ1n) is 9.28. The van der Waals surface area contributed by atoms with Crippen LogP contribution < -0.4 is 15.8 Å². The van der Waals surface area contributed by atoms with E-state index in [0.717, 1.165) is 33.2 Å². The fourth-order valence-corrected chi connectivity index (χ4v) is 3.54. The van der Waals surface area contributed by atoms with Gasteiger partial charge in [-0.3, -0.25) is 9.89 Å². The van der Waals surface area contributed by atoms with E-state index in [4.69, 9.17) is 10.5 Å². The molecule has 0 saturated carbocycles. The number of anilines is 2. The summed E-state index contributed by atoms with van der Waals surface area (Å²) in [5.41, 5.74) is 10.4. The third-order valence-corrected chi connectivity index (χ3v) is 5.04. The summed E-state index contributed by atoms with van der Waals surface area (Å²) in [4.78, 5) is 20.4. The van der Waals surface area contributed by atoms with Crippen molar-refractivity contribution in [1.82, 2.24) is 20.2 Å². The molecule has 5 rings (SSSR count). The molecule has 0 bridgehead atoms. The highest BCUT2D eigenvalue weighted by molar-refractivity contribution is 6.13. The number of methoxy groups -OCH3 is 1. The van der Waals surface area contributed by atoms with Gasteiger partial charge in [0.1, 0.15) is 11.6 Å². The Bertz CT molecular complexity index is 1380. The maximum atomic E-state index is 13.1. The number of carbonyl (C=O) groups excluding carboxylic acids is 1. The van der Waals surface area contributed by atoms with Gasteiger partial charge < -0.3 is 20.8 Å². The maximum absolute atomic E-state index is 13.1. The lowest BCUT2D eigenvalue weighted by Crippen LogP contribution is -2.12. The summed E-state index contributed by atoms with van der Waals surface area (Å²) >= 11 is 0. The zero-order valence-corrected chi connectivity index (χ0v) is 16.1. The molecule has 8 heteroatoms. The number of nitrogen functional groups attached to an aromatic ring is 1. The number of H-pyrrole nitrogens is 2. The first-order valence-corrected chi connectivity index (χ1v) is 9.28. The van der Waals surface area contributed by atoms with E-state index in [1.54, 1.807) is 43.8 Å². The van der Waals surface area contributed by atoms with Crippen LogP contribution in [0, 0.1) is 0 Å². The van der Waals surface area contributed by atoms with Crippen LogP contribution in [-0.2, 0) is 0 Å². The third kappa shape index (κ3) is 3.00. The van der Waals surface area contributed by atoms with Crippen molar-refractivity contribution in [1.29, 1.82) is 0 Å². The molecule has 2 aromatic carbocycles. The summed E-state index contributed by atoms with van der Waals surface area (Å²) in [5.74, 6) is 0.918. The van der Waals surface area contributed by atoms with Gasteiger partial charge >= 0.3 is 0 Å². The minimum atomic E-state index is -0.239. The molecular weight excluding hydrogens is 380 g/mol. The molecule has 0 spiro atoms. The highest BCUT2D eigenvalue weighted by Crippen LogP contribution is 2.33.